The third-order valence-electron chi connectivity index (χ3n) is 0. The van der Waals surface area contributed by atoms with Gasteiger partial charge in [0, 0.05) is 0 Å². The van der Waals surface area contributed by atoms with Gasteiger partial charge in [0.15, 0.2) is 0 Å². The average molecular weight is 151 g/mol. The molecule has 0 saturated heterocycles. The van der Waals surface area contributed by atoms with Crippen molar-refractivity contribution < 1.29 is 15.4 Å². The van der Waals surface area contributed by atoms with E-state index in [9.17, 15) is 0 Å². The Hall–Kier alpha value is 0.480. The van der Waals surface area contributed by atoms with Gasteiger partial charge in [-0.1, -0.05) is 0 Å². The van der Waals surface area contributed by atoms with Crippen LogP contribution < -0.4 is 0 Å². The molecular formula is H2GeO3Si. The monoisotopic (exact) mass is 152 g/mol. The van der Waals surface area contributed by atoms with E-state index in [1.54, 1.807) is 0 Å². The van der Waals surface area contributed by atoms with E-state index in [0.717, 1.165) is 0 Å². The molecule has 3 nitrogen and oxygen atoms in total. The molecule has 0 fully saturated rings. The maximum absolute atomic E-state index is 8.28. The smallest absolute Gasteiger partial charge is 2.00 e. The Kier molecular flexibility index (Phi) is 2370. The van der Waals surface area contributed by atoms with Crippen LogP contribution in [0.4, 0.5) is 0 Å². The van der Waals surface area contributed by atoms with Gasteiger partial charge in [0.05, 0.1) is 0 Å². The van der Waals surface area contributed by atoms with Crippen molar-refractivity contribution in [3.8, 4) is 0 Å². The van der Waals surface area contributed by atoms with E-state index in [0.29, 0.717) is 10.1 Å². The molecule has 0 bridgehead atoms. The first-order valence-electron chi connectivity index (χ1n) is 0.289. The van der Waals surface area contributed by atoms with Crippen LogP contribution >= 0.6 is 0 Å². The first-order chi connectivity index (χ1) is 1.00. The second-order valence-corrected chi connectivity index (χ2v) is 0. The van der Waals surface area contributed by atoms with Crippen LogP contribution in [-0.2, 0) is 15.4 Å². The summed E-state index contributed by atoms with van der Waals surface area (Å²) in [6, 6.07) is 0. The summed E-state index contributed by atoms with van der Waals surface area (Å²) in [5, 5.41) is 0. The summed E-state index contributed by atoms with van der Waals surface area (Å²) in [6.45, 7) is 0. The summed E-state index contributed by atoms with van der Waals surface area (Å²) in [7, 11) is 0.611. The first kappa shape index (κ1) is 50.2. The Morgan fingerprint density at radius 3 is 1.00 bits per heavy atom. The van der Waals surface area contributed by atoms with Crippen molar-refractivity contribution in [1.29, 1.82) is 0 Å². The molecular weight excluding hydrogens is 149 g/mol. The van der Waals surface area contributed by atoms with Crippen LogP contribution in [0.1, 0.15) is 0 Å². The third-order valence-corrected chi connectivity index (χ3v) is 0. The van der Waals surface area contributed by atoms with Crippen molar-refractivity contribution in [2.24, 2.45) is 0 Å². The summed E-state index contributed by atoms with van der Waals surface area (Å²) < 4.78 is 8.28. The molecule has 0 saturated carbocycles. The fourth-order valence-electron chi connectivity index (χ4n) is 0. The molecule has 0 aromatic carbocycles. The van der Waals surface area contributed by atoms with Crippen LogP contribution in [0.5, 0.6) is 0 Å². The predicted molar refractivity (Wildman–Crippen MR) is 16.4 cm³/mol. The van der Waals surface area contributed by atoms with E-state index in [-0.39, 0.29) is 28.5 Å². The summed E-state index contributed by atoms with van der Waals surface area (Å²) in [5.74, 6) is 0. The molecule has 0 amide bonds. The Morgan fingerprint density at radius 2 is 1.00 bits per heavy atom. The molecule has 0 N–H and O–H groups in total. The molecule has 0 aliphatic carbocycles. The summed E-state index contributed by atoms with van der Waals surface area (Å²) in [6.07, 6.45) is 0. The zero-order valence-corrected chi connectivity index (χ0v) is 5.94. The van der Waals surface area contributed by atoms with Gasteiger partial charge >= 0.3 is 17.6 Å². The molecule has 0 atom stereocenters. The van der Waals surface area contributed by atoms with Crippen LogP contribution in [0.25, 0.3) is 0 Å². The van der Waals surface area contributed by atoms with Gasteiger partial charge in [0.2, 0.25) is 10.1 Å². The SMILES string of the molecule is O=[SiH2].[Ge+4].[O-2].[O-2]. The molecule has 0 heterocycles. The molecule has 5 heteroatoms. The molecule has 0 aromatic heterocycles. The average Bonchev–Trinajstić information content (AvgIpc) is 1.00. The van der Waals surface area contributed by atoms with Crippen LogP contribution in [-0.4, -0.2) is 27.7 Å². The van der Waals surface area contributed by atoms with Crippen molar-refractivity contribution in [3.63, 3.8) is 0 Å². The van der Waals surface area contributed by atoms with E-state index < -0.39 is 0 Å². The van der Waals surface area contributed by atoms with Gasteiger partial charge in [-0.25, -0.2) is 0 Å². The summed E-state index contributed by atoms with van der Waals surface area (Å²) >= 11 is 0. The molecule has 28 valence electrons. The van der Waals surface area contributed by atoms with Crippen LogP contribution in [0.3, 0.4) is 0 Å². The fourth-order valence-corrected chi connectivity index (χ4v) is 0. The van der Waals surface area contributed by atoms with E-state index >= 15 is 0 Å². The van der Waals surface area contributed by atoms with Crippen molar-refractivity contribution in [1.82, 2.24) is 0 Å². The quantitative estimate of drug-likeness (QED) is 0.382. The minimum absolute atomic E-state index is 0. The predicted octanol–water partition coefficient (Wildman–Crippen LogP) is -1.65. The number of hydrogen-bond donors (Lipinski definition) is 0. The summed E-state index contributed by atoms with van der Waals surface area (Å²) in [4.78, 5) is 0. The summed E-state index contributed by atoms with van der Waals surface area (Å²) in [5.41, 5.74) is 0. The van der Waals surface area contributed by atoms with Gasteiger partial charge in [-0.05, 0) is 0 Å². The van der Waals surface area contributed by atoms with Crippen LogP contribution in [0.15, 0.2) is 0 Å². The molecule has 0 aliphatic heterocycles. The molecule has 0 unspecified atom stereocenters. The first-order valence-corrected chi connectivity index (χ1v) is 0.866. The molecule has 0 spiro atoms. The standard InChI is InChI=1S/Ge.H2OSi.2O/c;1-2;;/h;2H2;;/q+4;;2*-2. The Balaban J connectivity index is -0.00000000167. The van der Waals surface area contributed by atoms with E-state index in [4.69, 9.17) is 4.46 Å². The van der Waals surface area contributed by atoms with E-state index in [1.165, 1.54) is 0 Å². The van der Waals surface area contributed by atoms with Crippen molar-refractivity contribution >= 4 is 27.7 Å². The second-order valence-electron chi connectivity index (χ2n) is 0. The van der Waals surface area contributed by atoms with Gasteiger partial charge in [0.25, 0.3) is 0 Å². The normalized spacial score (nSPS) is 0.800. The minimum Gasteiger partial charge on any atom is -2.00 e. The van der Waals surface area contributed by atoms with Gasteiger partial charge < -0.3 is 15.4 Å². The maximum Gasteiger partial charge on any atom is 4.00 e. The largest absolute Gasteiger partial charge is 4.00 e. The molecule has 0 aromatic rings. The van der Waals surface area contributed by atoms with Crippen molar-refractivity contribution in [2.75, 3.05) is 0 Å². The second kappa shape index (κ2) is 236. The van der Waals surface area contributed by atoms with Crippen LogP contribution in [0.2, 0.25) is 0 Å². The molecule has 0 radical (unpaired) electrons. The van der Waals surface area contributed by atoms with Gasteiger partial charge in [-0.15, -0.1) is 0 Å². The zero-order chi connectivity index (χ0) is 2.00. The Bertz CT molecular complexity index is 6.85. The maximum atomic E-state index is 8.28. The number of hydrogen-bond acceptors (Lipinski definition) is 1. The Morgan fingerprint density at radius 1 is 1.00 bits per heavy atom. The minimum atomic E-state index is 0. The van der Waals surface area contributed by atoms with Gasteiger partial charge in [-0.2, -0.15) is 0 Å². The van der Waals surface area contributed by atoms with E-state index in [2.05, 4.69) is 0 Å². The number of rotatable bonds is 0. The molecule has 0 aliphatic rings. The molecule has 5 heavy (non-hydrogen) atoms. The molecule has 0 rings (SSSR count). The zero-order valence-electron chi connectivity index (χ0n) is 2.43. The van der Waals surface area contributed by atoms with Crippen LogP contribution in [0, 0.1) is 0 Å². The van der Waals surface area contributed by atoms with Crippen molar-refractivity contribution in [3.05, 3.63) is 0 Å². The van der Waals surface area contributed by atoms with Gasteiger partial charge in [-0.3, -0.25) is 0 Å². The van der Waals surface area contributed by atoms with Crippen molar-refractivity contribution in [2.45, 2.75) is 0 Å². The third kappa shape index (κ3) is 120. The van der Waals surface area contributed by atoms with E-state index in [1.807, 2.05) is 0 Å². The fraction of sp³-hybridized carbons (Fsp3) is 0. The topological polar surface area (TPSA) is 74.1 Å². The van der Waals surface area contributed by atoms with Gasteiger partial charge in [0.1, 0.15) is 0 Å². The Labute approximate surface area is 43.8 Å².